The van der Waals surface area contributed by atoms with Gasteiger partial charge in [0.2, 0.25) is 5.91 Å². The fourth-order valence-electron chi connectivity index (χ4n) is 2.89. The number of nitrogens with zero attached hydrogens (tertiary/aromatic N) is 1. The van der Waals surface area contributed by atoms with Crippen molar-refractivity contribution in [1.29, 1.82) is 0 Å². The maximum atomic E-state index is 12.1. The van der Waals surface area contributed by atoms with Gasteiger partial charge in [-0.3, -0.25) is 9.69 Å². The van der Waals surface area contributed by atoms with Crippen molar-refractivity contribution in [1.82, 2.24) is 10.2 Å². The number of rotatable bonds is 7. The first-order valence-corrected chi connectivity index (χ1v) is 7.73. The average Bonchev–Trinajstić information content (AvgIpc) is 2.83. The van der Waals surface area contributed by atoms with Crippen LogP contribution in [0.1, 0.15) is 47.0 Å². The van der Waals surface area contributed by atoms with Crippen LogP contribution in [0.25, 0.3) is 0 Å². The second-order valence-electron chi connectivity index (χ2n) is 6.16. The van der Waals surface area contributed by atoms with Gasteiger partial charge in [0.05, 0.1) is 6.54 Å². The minimum Gasteiger partial charge on any atom is -0.352 e. The Morgan fingerprint density at radius 3 is 2.58 bits per heavy atom. The molecular weight excluding hydrogens is 238 g/mol. The van der Waals surface area contributed by atoms with Crippen LogP contribution >= 0.6 is 0 Å². The molecular formula is C15H31N3O. The van der Waals surface area contributed by atoms with E-state index in [2.05, 4.69) is 37.9 Å². The molecule has 0 bridgehead atoms. The lowest BCUT2D eigenvalue weighted by Crippen LogP contribution is -2.48. The van der Waals surface area contributed by atoms with Gasteiger partial charge in [0, 0.05) is 12.1 Å². The minimum absolute atomic E-state index is 0.144. The van der Waals surface area contributed by atoms with Crippen LogP contribution in [0.4, 0.5) is 0 Å². The fourth-order valence-corrected chi connectivity index (χ4v) is 2.89. The van der Waals surface area contributed by atoms with Gasteiger partial charge in [-0.1, -0.05) is 27.2 Å². The van der Waals surface area contributed by atoms with E-state index in [0.717, 1.165) is 13.1 Å². The Kier molecular flexibility index (Phi) is 6.80. The lowest BCUT2D eigenvalue weighted by Gasteiger charge is -2.31. The first kappa shape index (κ1) is 16.4. The lowest BCUT2D eigenvalue weighted by atomic mass is 10.0. The highest BCUT2D eigenvalue weighted by Crippen LogP contribution is 2.28. The zero-order chi connectivity index (χ0) is 14.4. The van der Waals surface area contributed by atoms with Crippen LogP contribution in [-0.2, 0) is 4.79 Å². The standard InChI is InChI=1S/C15H31N3O/c1-5-18(14-8-6-7-13(14)9-16)10-15(19)17-12(4)11(2)3/h11-14H,5-10,16H2,1-4H3,(H,17,19). The summed E-state index contributed by atoms with van der Waals surface area (Å²) in [7, 11) is 0. The zero-order valence-electron chi connectivity index (χ0n) is 13.0. The van der Waals surface area contributed by atoms with Gasteiger partial charge >= 0.3 is 0 Å². The quantitative estimate of drug-likeness (QED) is 0.738. The summed E-state index contributed by atoms with van der Waals surface area (Å²) in [5, 5.41) is 3.09. The molecule has 0 radical (unpaired) electrons. The summed E-state index contributed by atoms with van der Waals surface area (Å²) in [6.07, 6.45) is 3.64. The van der Waals surface area contributed by atoms with Crippen molar-refractivity contribution in [3.8, 4) is 0 Å². The van der Waals surface area contributed by atoms with Crippen molar-refractivity contribution in [2.24, 2.45) is 17.6 Å². The summed E-state index contributed by atoms with van der Waals surface area (Å²) < 4.78 is 0. The summed E-state index contributed by atoms with van der Waals surface area (Å²) in [5.74, 6) is 1.18. The van der Waals surface area contributed by atoms with Gasteiger partial charge in [-0.25, -0.2) is 0 Å². The van der Waals surface area contributed by atoms with Crippen LogP contribution in [0.2, 0.25) is 0 Å². The molecule has 19 heavy (non-hydrogen) atoms. The van der Waals surface area contributed by atoms with Crippen LogP contribution in [0.15, 0.2) is 0 Å². The van der Waals surface area contributed by atoms with Crippen LogP contribution in [0.3, 0.4) is 0 Å². The average molecular weight is 269 g/mol. The molecule has 1 aliphatic rings. The predicted octanol–water partition coefficient (Wildman–Crippen LogP) is 1.60. The van der Waals surface area contributed by atoms with E-state index in [1.165, 1.54) is 19.3 Å². The monoisotopic (exact) mass is 269 g/mol. The molecule has 0 aromatic heterocycles. The van der Waals surface area contributed by atoms with Crippen LogP contribution < -0.4 is 11.1 Å². The molecule has 1 aliphatic carbocycles. The van der Waals surface area contributed by atoms with Crippen LogP contribution in [0, 0.1) is 11.8 Å². The van der Waals surface area contributed by atoms with Crippen molar-refractivity contribution in [3.63, 3.8) is 0 Å². The third kappa shape index (κ3) is 4.77. The smallest absolute Gasteiger partial charge is 0.234 e. The van der Waals surface area contributed by atoms with E-state index in [-0.39, 0.29) is 11.9 Å². The van der Waals surface area contributed by atoms with Crippen molar-refractivity contribution in [2.75, 3.05) is 19.6 Å². The van der Waals surface area contributed by atoms with Crippen LogP contribution in [0.5, 0.6) is 0 Å². The molecule has 1 saturated carbocycles. The molecule has 3 atom stereocenters. The summed E-state index contributed by atoms with van der Waals surface area (Å²) in [6.45, 7) is 10.6. The van der Waals surface area contributed by atoms with E-state index in [9.17, 15) is 4.79 Å². The maximum Gasteiger partial charge on any atom is 0.234 e. The predicted molar refractivity (Wildman–Crippen MR) is 79.9 cm³/mol. The topological polar surface area (TPSA) is 58.4 Å². The Balaban J connectivity index is 2.49. The molecule has 1 fully saturated rings. The van der Waals surface area contributed by atoms with Crippen molar-refractivity contribution in [3.05, 3.63) is 0 Å². The number of hydrogen-bond acceptors (Lipinski definition) is 3. The van der Waals surface area contributed by atoms with Gasteiger partial charge in [0.25, 0.3) is 0 Å². The Bertz CT molecular complexity index is 281. The van der Waals surface area contributed by atoms with Gasteiger partial charge in [0.1, 0.15) is 0 Å². The van der Waals surface area contributed by atoms with Gasteiger partial charge in [-0.15, -0.1) is 0 Å². The number of nitrogens with one attached hydrogen (secondary N) is 1. The first-order valence-electron chi connectivity index (χ1n) is 7.73. The van der Waals surface area contributed by atoms with E-state index in [1.807, 2.05) is 0 Å². The molecule has 0 saturated heterocycles. The normalized spacial score (nSPS) is 25.0. The Labute approximate surface area is 118 Å². The second kappa shape index (κ2) is 7.85. The van der Waals surface area contributed by atoms with Crippen molar-refractivity contribution < 1.29 is 4.79 Å². The molecule has 3 unspecified atom stereocenters. The molecule has 4 heteroatoms. The summed E-state index contributed by atoms with van der Waals surface area (Å²) in [5.41, 5.74) is 5.84. The molecule has 0 aliphatic heterocycles. The molecule has 0 heterocycles. The Morgan fingerprint density at radius 1 is 1.37 bits per heavy atom. The number of amides is 1. The highest BCUT2D eigenvalue weighted by atomic mass is 16.2. The van der Waals surface area contributed by atoms with E-state index >= 15 is 0 Å². The van der Waals surface area contributed by atoms with E-state index in [1.54, 1.807) is 0 Å². The number of likely N-dealkylation sites (N-methyl/N-ethyl adjacent to an activating group) is 1. The molecule has 1 amide bonds. The largest absolute Gasteiger partial charge is 0.352 e. The number of hydrogen-bond donors (Lipinski definition) is 2. The Morgan fingerprint density at radius 2 is 2.05 bits per heavy atom. The minimum atomic E-state index is 0.144. The second-order valence-corrected chi connectivity index (χ2v) is 6.16. The summed E-state index contributed by atoms with van der Waals surface area (Å²) in [4.78, 5) is 14.4. The number of nitrogens with two attached hydrogens (primary N) is 1. The molecule has 112 valence electrons. The van der Waals surface area contributed by atoms with Crippen molar-refractivity contribution in [2.45, 2.75) is 59.0 Å². The zero-order valence-corrected chi connectivity index (χ0v) is 13.0. The first-order chi connectivity index (χ1) is 8.99. The van der Waals surface area contributed by atoms with Gasteiger partial charge in [0.15, 0.2) is 0 Å². The van der Waals surface area contributed by atoms with E-state index in [4.69, 9.17) is 5.73 Å². The number of carbonyl (C=O) groups excluding carboxylic acids is 1. The van der Waals surface area contributed by atoms with Crippen LogP contribution in [-0.4, -0.2) is 42.5 Å². The van der Waals surface area contributed by atoms with Gasteiger partial charge in [-0.2, -0.15) is 0 Å². The molecule has 0 spiro atoms. The lowest BCUT2D eigenvalue weighted by molar-refractivity contribution is -0.123. The van der Waals surface area contributed by atoms with E-state index in [0.29, 0.717) is 24.4 Å². The summed E-state index contributed by atoms with van der Waals surface area (Å²) >= 11 is 0. The molecule has 0 aromatic rings. The highest BCUT2D eigenvalue weighted by Gasteiger charge is 2.31. The molecule has 3 N–H and O–H groups in total. The highest BCUT2D eigenvalue weighted by molar-refractivity contribution is 5.78. The molecule has 1 rings (SSSR count). The SMILES string of the molecule is CCN(CC(=O)NC(C)C(C)C)C1CCCC1CN. The maximum absolute atomic E-state index is 12.1. The Hall–Kier alpha value is -0.610. The number of carbonyl (C=O) groups is 1. The molecule has 4 nitrogen and oxygen atoms in total. The molecule has 0 aromatic carbocycles. The third-order valence-electron chi connectivity index (χ3n) is 4.53. The fraction of sp³-hybridized carbons (Fsp3) is 0.933. The third-order valence-corrected chi connectivity index (χ3v) is 4.53. The summed E-state index contributed by atoms with van der Waals surface area (Å²) in [6, 6.07) is 0.732. The van der Waals surface area contributed by atoms with E-state index < -0.39 is 0 Å². The van der Waals surface area contributed by atoms with Gasteiger partial charge in [-0.05, 0) is 44.7 Å². The van der Waals surface area contributed by atoms with Gasteiger partial charge < -0.3 is 11.1 Å². The van der Waals surface area contributed by atoms with Crippen molar-refractivity contribution >= 4 is 5.91 Å².